The Bertz CT molecular complexity index is 1600. The van der Waals surface area contributed by atoms with Gasteiger partial charge in [0.2, 0.25) is 10.0 Å². The van der Waals surface area contributed by atoms with Crippen LogP contribution in [0, 0.1) is 5.41 Å². The molecule has 2 fully saturated rings. The Morgan fingerprint density at radius 1 is 1.07 bits per heavy atom. The second-order valence-corrected chi connectivity index (χ2v) is 12.8. The fraction of sp³-hybridized carbons (Fsp3) is 0.464. The van der Waals surface area contributed by atoms with Crippen LogP contribution in [0.5, 0.6) is 0 Å². The van der Waals surface area contributed by atoms with Crippen molar-refractivity contribution in [2.45, 2.75) is 45.6 Å². The summed E-state index contributed by atoms with van der Waals surface area (Å²) in [4.78, 5) is 27.5. The second-order valence-electron chi connectivity index (χ2n) is 10.8. The number of anilines is 3. The molecule has 0 bridgehead atoms. The van der Waals surface area contributed by atoms with Crippen molar-refractivity contribution >= 4 is 50.0 Å². The van der Waals surface area contributed by atoms with E-state index in [1.807, 2.05) is 0 Å². The van der Waals surface area contributed by atoms with Crippen molar-refractivity contribution in [1.82, 2.24) is 15.1 Å². The van der Waals surface area contributed by atoms with E-state index in [1.54, 1.807) is 55.1 Å². The van der Waals surface area contributed by atoms with Crippen molar-refractivity contribution in [2.24, 2.45) is 12.5 Å². The molecule has 1 saturated carbocycles. The largest absolute Gasteiger partial charge is 0.443 e. The summed E-state index contributed by atoms with van der Waals surface area (Å²) in [6, 6.07) is 10.2. The molecule has 3 N–H and O–H groups in total. The molecule has 1 aliphatic carbocycles. The van der Waals surface area contributed by atoms with E-state index in [-0.39, 0.29) is 18.2 Å². The van der Waals surface area contributed by atoms with Crippen LogP contribution in [0.15, 0.2) is 36.4 Å². The minimum Gasteiger partial charge on any atom is -0.443 e. The van der Waals surface area contributed by atoms with Gasteiger partial charge in [-0.05, 0) is 74.4 Å². The number of carbonyl (C=O) groups excluding carboxylic acids is 2. The molecule has 14 heteroatoms. The Kier molecular flexibility index (Phi) is 8.26. The lowest BCUT2D eigenvalue weighted by molar-refractivity contribution is 0.0487. The van der Waals surface area contributed by atoms with E-state index in [0.29, 0.717) is 39.1 Å². The number of sulfonamides is 1. The van der Waals surface area contributed by atoms with Gasteiger partial charge in [-0.15, -0.1) is 0 Å². The Morgan fingerprint density at radius 2 is 1.79 bits per heavy atom. The van der Waals surface area contributed by atoms with E-state index in [9.17, 15) is 26.8 Å². The Morgan fingerprint density at radius 3 is 2.45 bits per heavy atom. The van der Waals surface area contributed by atoms with Gasteiger partial charge in [0.05, 0.1) is 40.4 Å². The molecule has 226 valence electrons. The van der Waals surface area contributed by atoms with Crippen LogP contribution < -0.4 is 20.3 Å². The number of ether oxygens (including phenoxy) is 1. The summed E-state index contributed by atoms with van der Waals surface area (Å²) >= 11 is 0. The zero-order valence-corrected chi connectivity index (χ0v) is 24.3. The Balaban J connectivity index is 1.37. The maximum Gasteiger partial charge on any atom is 0.407 e. The summed E-state index contributed by atoms with van der Waals surface area (Å²) in [6.07, 6.45) is 0.776. The van der Waals surface area contributed by atoms with E-state index in [2.05, 4.69) is 30.1 Å². The van der Waals surface area contributed by atoms with Gasteiger partial charge in [-0.1, -0.05) is 0 Å². The molecule has 3 aromatic rings. The number of fused-ring (bicyclic) bond motifs is 1. The maximum absolute atomic E-state index is 13.6. The van der Waals surface area contributed by atoms with Crippen molar-refractivity contribution in [2.75, 3.05) is 40.4 Å². The number of alkyl halides is 2. The minimum atomic E-state index is -3.49. The van der Waals surface area contributed by atoms with Crippen LogP contribution in [-0.2, 0) is 28.4 Å². The van der Waals surface area contributed by atoms with E-state index in [1.165, 1.54) is 12.8 Å². The number of halogens is 2. The van der Waals surface area contributed by atoms with Crippen molar-refractivity contribution in [1.29, 1.82) is 0 Å². The number of nitrogens with zero attached hydrogens (tertiary/aromatic N) is 3. The van der Waals surface area contributed by atoms with Gasteiger partial charge in [-0.25, -0.2) is 22.0 Å². The molecule has 2 aromatic carbocycles. The van der Waals surface area contributed by atoms with Crippen LogP contribution in [-0.4, -0.2) is 62.1 Å². The number of carbonyl (C=O) groups is 2. The van der Waals surface area contributed by atoms with Crippen molar-refractivity contribution in [3.8, 4) is 0 Å². The van der Waals surface area contributed by atoms with Crippen molar-refractivity contribution < 1.29 is 31.5 Å². The third kappa shape index (κ3) is 6.75. The smallest absolute Gasteiger partial charge is 0.407 e. The highest BCUT2D eigenvalue weighted by molar-refractivity contribution is 7.92. The number of nitrogens with one attached hydrogen (secondary N) is 3. The first-order valence-electron chi connectivity index (χ1n) is 13.8. The van der Waals surface area contributed by atoms with E-state index in [0.717, 1.165) is 31.4 Å². The standard InChI is InChI=1S/C28H34F2N6O5S/c1-3-42(39,40)34-19-4-6-20(24(15-19)36-12-10-28(8-9-28)11-13-36)26(37)32-18-5-7-23-21(14-18)22(33-35(23)2)16-31-27(38)41-17-25(29)30/h4-7,14-15,25,34H,3,8-13,16-17H2,1-2H3,(H,31,38)(H,32,37). The molecule has 1 spiro atoms. The first-order chi connectivity index (χ1) is 20.0. The van der Waals surface area contributed by atoms with E-state index >= 15 is 0 Å². The Labute approximate surface area is 242 Å². The quantitative estimate of drug-likeness (QED) is 0.311. The predicted molar refractivity (Wildman–Crippen MR) is 155 cm³/mol. The number of hydrogen-bond donors (Lipinski definition) is 3. The molecule has 1 saturated heterocycles. The summed E-state index contributed by atoms with van der Waals surface area (Å²) in [5.41, 5.74) is 3.58. The summed E-state index contributed by atoms with van der Waals surface area (Å²) in [6.45, 7) is 2.05. The van der Waals surface area contributed by atoms with Crippen LogP contribution in [0.3, 0.4) is 0 Å². The number of rotatable bonds is 10. The molecule has 2 aliphatic rings. The van der Waals surface area contributed by atoms with Gasteiger partial charge in [0, 0.05) is 31.2 Å². The fourth-order valence-corrected chi connectivity index (χ4v) is 5.92. The summed E-state index contributed by atoms with van der Waals surface area (Å²) < 4.78 is 57.7. The zero-order chi connectivity index (χ0) is 30.1. The predicted octanol–water partition coefficient (Wildman–Crippen LogP) is 4.46. The third-order valence-corrected chi connectivity index (χ3v) is 9.25. The van der Waals surface area contributed by atoms with E-state index < -0.39 is 29.1 Å². The topological polar surface area (TPSA) is 135 Å². The molecule has 1 aliphatic heterocycles. The Hall–Kier alpha value is -3.94. The highest BCUT2D eigenvalue weighted by Crippen LogP contribution is 2.54. The molecule has 0 unspecified atom stereocenters. The number of amides is 2. The lowest BCUT2D eigenvalue weighted by Gasteiger charge is -2.35. The van der Waals surface area contributed by atoms with Gasteiger partial charge in [0.25, 0.3) is 12.3 Å². The first kappa shape index (κ1) is 29.5. The maximum atomic E-state index is 13.6. The van der Waals surface area contributed by atoms with Crippen LogP contribution in [0.1, 0.15) is 48.7 Å². The fourth-order valence-electron chi connectivity index (χ4n) is 5.29. The van der Waals surface area contributed by atoms with Crippen LogP contribution in [0.4, 0.5) is 30.6 Å². The summed E-state index contributed by atoms with van der Waals surface area (Å²) in [7, 11) is -1.77. The second kappa shape index (κ2) is 11.7. The number of piperidine rings is 1. The van der Waals surface area contributed by atoms with Gasteiger partial charge >= 0.3 is 6.09 Å². The molecule has 5 rings (SSSR count). The normalized spacial score (nSPS) is 16.1. The minimum absolute atomic E-state index is 0.0630. The summed E-state index contributed by atoms with van der Waals surface area (Å²) in [5, 5.41) is 10.4. The van der Waals surface area contributed by atoms with Crippen LogP contribution in [0.25, 0.3) is 10.9 Å². The summed E-state index contributed by atoms with van der Waals surface area (Å²) in [5.74, 6) is -0.428. The molecular formula is C28H34F2N6O5S. The van der Waals surface area contributed by atoms with Gasteiger partial charge in [-0.2, -0.15) is 5.10 Å². The van der Waals surface area contributed by atoms with E-state index in [4.69, 9.17) is 0 Å². The van der Waals surface area contributed by atoms with Crippen LogP contribution >= 0.6 is 0 Å². The average molecular weight is 605 g/mol. The van der Waals surface area contributed by atoms with Crippen molar-refractivity contribution in [3.63, 3.8) is 0 Å². The monoisotopic (exact) mass is 604 g/mol. The molecule has 2 heterocycles. The van der Waals surface area contributed by atoms with Crippen LogP contribution in [0.2, 0.25) is 0 Å². The third-order valence-electron chi connectivity index (χ3n) is 7.94. The van der Waals surface area contributed by atoms with Gasteiger partial charge in [-0.3, -0.25) is 14.2 Å². The van der Waals surface area contributed by atoms with Crippen molar-refractivity contribution in [3.05, 3.63) is 47.7 Å². The van der Waals surface area contributed by atoms with Gasteiger partial charge in [0.15, 0.2) is 6.61 Å². The number of alkyl carbamates (subject to hydrolysis) is 1. The average Bonchev–Trinajstić information content (AvgIpc) is 3.64. The lowest BCUT2D eigenvalue weighted by atomic mass is 9.93. The number of aromatic nitrogens is 2. The highest BCUT2D eigenvalue weighted by atomic mass is 32.2. The molecular weight excluding hydrogens is 570 g/mol. The highest BCUT2D eigenvalue weighted by Gasteiger charge is 2.44. The SMILES string of the molecule is CCS(=O)(=O)Nc1ccc(C(=O)Nc2ccc3c(c2)c(CNC(=O)OCC(F)F)nn3C)c(N2CCC3(CC2)CC3)c1. The number of aryl methyl sites for hydroxylation is 1. The molecule has 0 radical (unpaired) electrons. The molecule has 1 aromatic heterocycles. The molecule has 0 atom stereocenters. The number of benzene rings is 2. The molecule has 42 heavy (non-hydrogen) atoms. The molecule has 2 amide bonds. The zero-order valence-electron chi connectivity index (χ0n) is 23.5. The van der Waals surface area contributed by atoms with Gasteiger partial charge in [0.1, 0.15) is 0 Å². The lowest BCUT2D eigenvalue weighted by Crippen LogP contribution is -2.35. The number of hydrogen-bond acceptors (Lipinski definition) is 7. The molecule has 11 nitrogen and oxygen atoms in total. The first-order valence-corrected chi connectivity index (χ1v) is 15.5. The van der Waals surface area contributed by atoms with Gasteiger partial charge < -0.3 is 20.3 Å².